The fourth-order valence-electron chi connectivity index (χ4n) is 2.62. The van der Waals surface area contributed by atoms with Crippen molar-refractivity contribution in [1.82, 2.24) is 4.90 Å². The quantitative estimate of drug-likeness (QED) is 0.830. The molecule has 0 unspecified atom stereocenters. The maximum absolute atomic E-state index is 5.26. The summed E-state index contributed by atoms with van der Waals surface area (Å²) in [5.41, 5.74) is 1.36. The van der Waals surface area contributed by atoms with Crippen LogP contribution >= 0.6 is 15.9 Å². The van der Waals surface area contributed by atoms with Crippen LogP contribution in [0.3, 0.4) is 0 Å². The van der Waals surface area contributed by atoms with Gasteiger partial charge in [-0.15, -0.1) is 0 Å². The molecule has 2 nitrogen and oxygen atoms in total. The van der Waals surface area contributed by atoms with Gasteiger partial charge < -0.3 is 4.74 Å². The van der Waals surface area contributed by atoms with Gasteiger partial charge in [0.05, 0.1) is 11.6 Å². The standard InChI is InChI=1S/C15H22BrNO/c1-3-12-6-8-17(9-7-12)11-13-4-5-15(18-2)14(16)10-13/h4-5,10,12H,3,6-9,11H2,1-2H3. The number of piperidine rings is 1. The summed E-state index contributed by atoms with van der Waals surface area (Å²) < 4.78 is 6.31. The lowest BCUT2D eigenvalue weighted by atomic mass is 9.94. The van der Waals surface area contributed by atoms with Crippen LogP contribution in [-0.4, -0.2) is 25.1 Å². The molecule has 1 saturated heterocycles. The van der Waals surface area contributed by atoms with Crippen molar-refractivity contribution in [3.05, 3.63) is 28.2 Å². The predicted octanol–water partition coefficient (Wildman–Crippen LogP) is 4.08. The molecule has 100 valence electrons. The van der Waals surface area contributed by atoms with Crippen molar-refractivity contribution in [3.8, 4) is 5.75 Å². The Morgan fingerprint density at radius 1 is 1.33 bits per heavy atom. The molecule has 1 aliphatic heterocycles. The van der Waals surface area contributed by atoms with Crippen LogP contribution < -0.4 is 4.74 Å². The van der Waals surface area contributed by atoms with Crippen molar-refractivity contribution in [1.29, 1.82) is 0 Å². The number of likely N-dealkylation sites (tertiary alicyclic amines) is 1. The molecule has 18 heavy (non-hydrogen) atoms. The second-order valence-electron chi connectivity index (χ2n) is 5.10. The molecule has 0 amide bonds. The highest BCUT2D eigenvalue weighted by atomic mass is 79.9. The Hall–Kier alpha value is -0.540. The number of nitrogens with zero attached hydrogens (tertiary/aromatic N) is 1. The summed E-state index contributed by atoms with van der Waals surface area (Å²) in [5.74, 6) is 1.85. The van der Waals surface area contributed by atoms with Crippen LogP contribution in [0.1, 0.15) is 31.7 Å². The van der Waals surface area contributed by atoms with Crippen LogP contribution in [0.5, 0.6) is 5.75 Å². The highest BCUT2D eigenvalue weighted by molar-refractivity contribution is 9.10. The molecule has 3 heteroatoms. The predicted molar refractivity (Wildman–Crippen MR) is 79.0 cm³/mol. The van der Waals surface area contributed by atoms with Crippen LogP contribution in [0, 0.1) is 5.92 Å². The summed E-state index contributed by atoms with van der Waals surface area (Å²) in [4.78, 5) is 2.56. The monoisotopic (exact) mass is 311 g/mol. The van der Waals surface area contributed by atoms with Gasteiger partial charge in [-0.3, -0.25) is 4.90 Å². The fourth-order valence-corrected chi connectivity index (χ4v) is 3.21. The summed E-state index contributed by atoms with van der Waals surface area (Å²) in [7, 11) is 1.70. The van der Waals surface area contributed by atoms with Crippen LogP contribution in [0.2, 0.25) is 0 Å². The van der Waals surface area contributed by atoms with Gasteiger partial charge in [0.2, 0.25) is 0 Å². The molecular formula is C15H22BrNO. The number of hydrogen-bond acceptors (Lipinski definition) is 2. The molecule has 2 rings (SSSR count). The van der Waals surface area contributed by atoms with Gasteiger partial charge in [0, 0.05) is 6.54 Å². The third-order valence-electron chi connectivity index (χ3n) is 3.91. The van der Waals surface area contributed by atoms with Gasteiger partial charge in [-0.25, -0.2) is 0 Å². The minimum atomic E-state index is 0.906. The van der Waals surface area contributed by atoms with E-state index in [1.54, 1.807) is 7.11 Å². The van der Waals surface area contributed by atoms with Gasteiger partial charge in [0.25, 0.3) is 0 Å². The molecule has 1 aromatic carbocycles. The summed E-state index contributed by atoms with van der Waals surface area (Å²) in [6.45, 7) is 5.84. The first-order chi connectivity index (χ1) is 8.72. The Morgan fingerprint density at radius 3 is 2.61 bits per heavy atom. The molecule has 0 aliphatic carbocycles. The Morgan fingerprint density at radius 2 is 2.06 bits per heavy atom. The third kappa shape index (κ3) is 3.48. The van der Waals surface area contributed by atoms with Crippen molar-refractivity contribution < 1.29 is 4.74 Å². The number of ether oxygens (including phenoxy) is 1. The molecule has 0 bridgehead atoms. The van der Waals surface area contributed by atoms with Gasteiger partial charge in [-0.2, -0.15) is 0 Å². The zero-order valence-electron chi connectivity index (χ0n) is 11.3. The van der Waals surface area contributed by atoms with E-state index in [2.05, 4.69) is 39.9 Å². The van der Waals surface area contributed by atoms with Gasteiger partial charge in [0.1, 0.15) is 5.75 Å². The lowest BCUT2D eigenvalue weighted by Crippen LogP contribution is -2.32. The third-order valence-corrected chi connectivity index (χ3v) is 4.53. The van der Waals surface area contributed by atoms with Crippen molar-refractivity contribution in [2.45, 2.75) is 32.7 Å². The zero-order chi connectivity index (χ0) is 13.0. The first-order valence-electron chi connectivity index (χ1n) is 6.77. The minimum Gasteiger partial charge on any atom is -0.496 e. The highest BCUT2D eigenvalue weighted by Crippen LogP contribution is 2.27. The van der Waals surface area contributed by atoms with Crippen molar-refractivity contribution >= 4 is 15.9 Å². The lowest BCUT2D eigenvalue weighted by Gasteiger charge is -2.31. The van der Waals surface area contributed by atoms with Crippen molar-refractivity contribution in [2.24, 2.45) is 5.92 Å². The minimum absolute atomic E-state index is 0.906. The lowest BCUT2D eigenvalue weighted by molar-refractivity contribution is 0.175. The number of halogens is 1. The average Bonchev–Trinajstić information content (AvgIpc) is 2.40. The van der Waals surface area contributed by atoms with E-state index >= 15 is 0 Å². The van der Waals surface area contributed by atoms with E-state index in [0.29, 0.717) is 0 Å². The summed E-state index contributed by atoms with van der Waals surface area (Å²) in [5, 5.41) is 0. The average molecular weight is 312 g/mol. The van der Waals surface area contributed by atoms with E-state index in [9.17, 15) is 0 Å². The van der Waals surface area contributed by atoms with E-state index < -0.39 is 0 Å². The molecule has 0 spiro atoms. The van der Waals surface area contributed by atoms with Crippen molar-refractivity contribution in [3.63, 3.8) is 0 Å². The molecule has 0 atom stereocenters. The van der Waals surface area contributed by atoms with E-state index in [1.807, 2.05) is 6.07 Å². The molecule has 0 saturated carbocycles. The first kappa shape index (κ1) is 13.9. The van der Waals surface area contributed by atoms with Gasteiger partial charge in [-0.05, 0) is 65.5 Å². The SMILES string of the molecule is CCC1CCN(Cc2ccc(OC)c(Br)c2)CC1. The van der Waals surface area contributed by atoms with Gasteiger partial charge in [0.15, 0.2) is 0 Å². The van der Waals surface area contributed by atoms with Crippen LogP contribution in [0.4, 0.5) is 0 Å². The highest BCUT2D eigenvalue weighted by Gasteiger charge is 2.17. The van der Waals surface area contributed by atoms with Gasteiger partial charge in [-0.1, -0.05) is 19.4 Å². The van der Waals surface area contributed by atoms with Crippen molar-refractivity contribution in [2.75, 3.05) is 20.2 Å². The molecule has 1 fully saturated rings. The molecule has 1 aliphatic rings. The van der Waals surface area contributed by atoms with Gasteiger partial charge >= 0.3 is 0 Å². The fraction of sp³-hybridized carbons (Fsp3) is 0.600. The van der Waals surface area contributed by atoms with E-state index in [-0.39, 0.29) is 0 Å². The number of methoxy groups -OCH3 is 1. The van der Waals surface area contributed by atoms with E-state index in [4.69, 9.17) is 4.74 Å². The topological polar surface area (TPSA) is 12.5 Å². The summed E-state index contributed by atoms with van der Waals surface area (Å²) in [6, 6.07) is 6.37. The Balaban J connectivity index is 1.92. The molecule has 0 N–H and O–H groups in total. The Bertz CT molecular complexity index is 386. The van der Waals surface area contributed by atoms with Crippen LogP contribution in [-0.2, 0) is 6.54 Å². The van der Waals surface area contributed by atoms with Crippen LogP contribution in [0.15, 0.2) is 22.7 Å². The second-order valence-corrected chi connectivity index (χ2v) is 5.95. The molecule has 1 aromatic rings. The normalized spacial score (nSPS) is 17.9. The molecule has 0 aromatic heterocycles. The second kappa shape index (κ2) is 6.58. The molecular weight excluding hydrogens is 290 g/mol. The zero-order valence-corrected chi connectivity index (χ0v) is 12.9. The largest absolute Gasteiger partial charge is 0.496 e. The molecule has 0 radical (unpaired) electrons. The maximum atomic E-state index is 5.26. The number of hydrogen-bond donors (Lipinski definition) is 0. The number of rotatable bonds is 4. The van der Waals surface area contributed by atoms with E-state index in [0.717, 1.165) is 22.7 Å². The smallest absolute Gasteiger partial charge is 0.133 e. The Labute approximate surface area is 118 Å². The maximum Gasteiger partial charge on any atom is 0.133 e. The molecule has 1 heterocycles. The van der Waals surface area contributed by atoms with E-state index in [1.165, 1.54) is 37.9 Å². The Kier molecular flexibility index (Phi) is 5.07. The number of benzene rings is 1. The summed E-state index contributed by atoms with van der Waals surface area (Å²) in [6.07, 6.45) is 4.05. The summed E-state index contributed by atoms with van der Waals surface area (Å²) >= 11 is 3.55. The van der Waals surface area contributed by atoms with Crippen LogP contribution in [0.25, 0.3) is 0 Å². The first-order valence-corrected chi connectivity index (χ1v) is 7.57.